The Kier molecular flexibility index (Phi) is 4.13. The summed E-state index contributed by atoms with van der Waals surface area (Å²) in [5.74, 6) is 0.669. The monoisotopic (exact) mass is 246 g/mol. The number of ether oxygens (including phenoxy) is 1. The number of nitrogens with one attached hydrogen (secondary N) is 2. The van der Waals surface area contributed by atoms with Crippen LogP contribution in [0.2, 0.25) is 0 Å². The second-order valence-corrected chi connectivity index (χ2v) is 4.52. The zero-order chi connectivity index (χ0) is 13.0. The Bertz CT molecular complexity index is 461. The quantitative estimate of drug-likeness (QED) is 0.831. The fraction of sp³-hybridized carbons (Fsp3) is 0.538. The van der Waals surface area contributed by atoms with E-state index in [4.69, 9.17) is 10.00 Å². The molecule has 0 aliphatic carbocycles. The molecule has 2 N–H and O–H groups in total. The highest BCUT2D eigenvalue weighted by Crippen LogP contribution is 2.17. The first-order valence-corrected chi connectivity index (χ1v) is 6.14. The smallest absolute Gasteiger partial charge is 0.144 e. The van der Waals surface area contributed by atoms with E-state index in [1.165, 1.54) is 0 Å². The number of anilines is 1. The highest BCUT2D eigenvalue weighted by atomic mass is 16.5. The van der Waals surface area contributed by atoms with Gasteiger partial charge >= 0.3 is 0 Å². The first-order chi connectivity index (χ1) is 8.70. The molecule has 1 unspecified atom stereocenters. The van der Waals surface area contributed by atoms with Gasteiger partial charge in [0.15, 0.2) is 0 Å². The molecule has 0 spiro atoms. The third-order valence-corrected chi connectivity index (χ3v) is 2.97. The molecule has 0 bridgehead atoms. The summed E-state index contributed by atoms with van der Waals surface area (Å²) in [7, 11) is 0. The molecule has 18 heavy (non-hydrogen) atoms. The average molecular weight is 246 g/mol. The molecule has 0 saturated carbocycles. The van der Waals surface area contributed by atoms with Crippen molar-refractivity contribution in [1.82, 2.24) is 10.3 Å². The van der Waals surface area contributed by atoms with Crippen molar-refractivity contribution in [3.63, 3.8) is 0 Å². The fourth-order valence-electron chi connectivity index (χ4n) is 2.08. The second-order valence-electron chi connectivity index (χ2n) is 4.52. The number of nitriles is 1. The molecule has 1 aliphatic rings. The van der Waals surface area contributed by atoms with Gasteiger partial charge in [-0.05, 0) is 25.5 Å². The van der Waals surface area contributed by atoms with Gasteiger partial charge in [0.05, 0.1) is 18.8 Å². The van der Waals surface area contributed by atoms with Crippen LogP contribution in [0.5, 0.6) is 0 Å². The first kappa shape index (κ1) is 12.8. The molecule has 96 valence electrons. The van der Waals surface area contributed by atoms with E-state index in [0.717, 1.165) is 24.4 Å². The molecular weight excluding hydrogens is 228 g/mol. The molecule has 5 nitrogen and oxygen atoms in total. The maximum atomic E-state index is 9.16. The van der Waals surface area contributed by atoms with Crippen molar-refractivity contribution < 1.29 is 4.74 Å². The SMILES string of the molecule is Cc1cc(C)c(C#N)c(NCC2COCCN2)n1. The molecule has 1 saturated heterocycles. The lowest BCUT2D eigenvalue weighted by Crippen LogP contribution is -2.45. The van der Waals surface area contributed by atoms with Crippen molar-refractivity contribution in [2.24, 2.45) is 0 Å². The highest BCUT2D eigenvalue weighted by Gasteiger charge is 2.14. The summed E-state index contributed by atoms with van der Waals surface area (Å²) in [4.78, 5) is 4.39. The summed E-state index contributed by atoms with van der Waals surface area (Å²) in [6.45, 7) is 6.91. The van der Waals surface area contributed by atoms with Crippen molar-refractivity contribution in [2.45, 2.75) is 19.9 Å². The summed E-state index contributed by atoms with van der Waals surface area (Å²) < 4.78 is 5.39. The standard InChI is InChI=1S/C13H18N4O/c1-9-5-10(2)17-13(12(9)6-14)16-7-11-8-18-4-3-15-11/h5,11,15H,3-4,7-8H2,1-2H3,(H,16,17). The van der Waals surface area contributed by atoms with E-state index in [1.807, 2.05) is 19.9 Å². The van der Waals surface area contributed by atoms with Gasteiger partial charge in [-0.3, -0.25) is 0 Å². The molecule has 0 amide bonds. The van der Waals surface area contributed by atoms with E-state index < -0.39 is 0 Å². The first-order valence-electron chi connectivity index (χ1n) is 6.14. The molecule has 1 fully saturated rings. The second kappa shape index (κ2) is 5.80. The van der Waals surface area contributed by atoms with Crippen molar-refractivity contribution in [3.05, 3.63) is 22.9 Å². The molecule has 1 aliphatic heterocycles. The predicted molar refractivity (Wildman–Crippen MR) is 69.5 cm³/mol. The van der Waals surface area contributed by atoms with Crippen LogP contribution < -0.4 is 10.6 Å². The van der Waals surface area contributed by atoms with E-state index >= 15 is 0 Å². The summed E-state index contributed by atoms with van der Waals surface area (Å²) in [5, 5.41) is 15.8. The van der Waals surface area contributed by atoms with Crippen LogP contribution in [0, 0.1) is 25.2 Å². The van der Waals surface area contributed by atoms with Crippen LogP contribution in [0.15, 0.2) is 6.07 Å². The molecule has 1 aromatic heterocycles. The number of rotatable bonds is 3. The van der Waals surface area contributed by atoms with Gasteiger partial charge in [-0.1, -0.05) is 0 Å². The Labute approximate surface area is 107 Å². The fourth-order valence-corrected chi connectivity index (χ4v) is 2.08. The van der Waals surface area contributed by atoms with Crippen LogP contribution in [-0.2, 0) is 4.74 Å². The largest absolute Gasteiger partial charge is 0.378 e. The van der Waals surface area contributed by atoms with Crippen LogP contribution in [0.1, 0.15) is 16.8 Å². The van der Waals surface area contributed by atoms with Crippen molar-refractivity contribution in [2.75, 3.05) is 31.6 Å². The number of morpholine rings is 1. The zero-order valence-corrected chi connectivity index (χ0v) is 10.8. The Morgan fingerprint density at radius 2 is 2.44 bits per heavy atom. The molecule has 1 atom stereocenters. The lowest BCUT2D eigenvalue weighted by molar-refractivity contribution is 0.0806. The van der Waals surface area contributed by atoms with Gasteiger partial charge in [0.25, 0.3) is 0 Å². The third kappa shape index (κ3) is 2.97. The van der Waals surface area contributed by atoms with Gasteiger partial charge < -0.3 is 15.4 Å². The predicted octanol–water partition coefficient (Wildman–Crippen LogP) is 0.970. The average Bonchev–Trinajstić information content (AvgIpc) is 2.37. The minimum Gasteiger partial charge on any atom is -0.378 e. The summed E-state index contributed by atoms with van der Waals surface area (Å²) in [5.41, 5.74) is 2.50. The number of aromatic nitrogens is 1. The van der Waals surface area contributed by atoms with Gasteiger partial charge in [0.1, 0.15) is 11.9 Å². The molecule has 1 aromatic rings. The third-order valence-electron chi connectivity index (χ3n) is 2.97. The van der Waals surface area contributed by atoms with Gasteiger partial charge in [-0.2, -0.15) is 5.26 Å². The van der Waals surface area contributed by atoms with Crippen LogP contribution in [0.4, 0.5) is 5.82 Å². The Hall–Kier alpha value is -1.64. The Morgan fingerprint density at radius 3 is 3.11 bits per heavy atom. The molecule has 2 heterocycles. The van der Waals surface area contributed by atoms with E-state index in [0.29, 0.717) is 24.5 Å². The number of pyridine rings is 1. The molecule has 2 rings (SSSR count). The van der Waals surface area contributed by atoms with E-state index in [1.54, 1.807) is 0 Å². The topological polar surface area (TPSA) is 70.0 Å². The number of hydrogen-bond donors (Lipinski definition) is 2. The van der Waals surface area contributed by atoms with Gasteiger partial charge in [-0.15, -0.1) is 0 Å². The van der Waals surface area contributed by atoms with E-state index in [-0.39, 0.29) is 6.04 Å². The maximum absolute atomic E-state index is 9.16. The zero-order valence-electron chi connectivity index (χ0n) is 10.8. The van der Waals surface area contributed by atoms with Crippen LogP contribution in [0.25, 0.3) is 0 Å². The van der Waals surface area contributed by atoms with Crippen LogP contribution in [0.3, 0.4) is 0 Å². The number of hydrogen-bond acceptors (Lipinski definition) is 5. The molecule has 5 heteroatoms. The van der Waals surface area contributed by atoms with E-state index in [2.05, 4.69) is 21.7 Å². The van der Waals surface area contributed by atoms with Gasteiger partial charge in [0.2, 0.25) is 0 Å². The van der Waals surface area contributed by atoms with Crippen molar-refractivity contribution in [3.8, 4) is 6.07 Å². The summed E-state index contributed by atoms with van der Waals surface area (Å²) in [6, 6.07) is 4.40. The van der Waals surface area contributed by atoms with Crippen LogP contribution in [-0.4, -0.2) is 37.3 Å². The summed E-state index contributed by atoms with van der Waals surface area (Å²) in [6.07, 6.45) is 0. The number of nitrogens with zero attached hydrogens (tertiary/aromatic N) is 2. The Morgan fingerprint density at radius 1 is 1.61 bits per heavy atom. The number of aryl methyl sites for hydroxylation is 2. The lowest BCUT2D eigenvalue weighted by Gasteiger charge is -2.24. The van der Waals surface area contributed by atoms with Crippen molar-refractivity contribution in [1.29, 1.82) is 5.26 Å². The molecule has 0 radical (unpaired) electrons. The lowest BCUT2D eigenvalue weighted by atomic mass is 10.1. The minimum atomic E-state index is 0.271. The molecular formula is C13H18N4O. The Balaban J connectivity index is 2.06. The highest BCUT2D eigenvalue weighted by molar-refractivity contribution is 5.56. The normalized spacial score (nSPS) is 19.3. The van der Waals surface area contributed by atoms with Gasteiger partial charge in [0, 0.05) is 24.8 Å². The summed E-state index contributed by atoms with van der Waals surface area (Å²) >= 11 is 0. The van der Waals surface area contributed by atoms with Crippen LogP contribution >= 0.6 is 0 Å². The maximum Gasteiger partial charge on any atom is 0.144 e. The van der Waals surface area contributed by atoms with Crippen molar-refractivity contribution >= 4 is 5.82 Å². The van der Waals surface area contributed by atoms with E-state index in [9.17, 15) is 0 Å². The molecule has 0 aromatic carbocycles. The van der Waals surface area contributed by atoms with Gasteiger partial charge in [-0.25, -0.2) is 4.98 Å². The minimum absolute atomic E-state index is 0.271.